The van der Waals surface area contributed by atoms with E-state index in [0.717, 1.165) is 5.69 Å². The van der Waals surface area contributed by atoms with Crippen molar-refractivity contribution in [2.45, 2.75) is 78.4 Å². The predicted molar refractivity (Wildman–Crippen MR) is 108 cm³/mol. The smallest absolute Gasteiger partial charge is 0.358 e. The van der Waals surface area contributed by atoms with Gasteiger partial charge in [-0.25, -0.2) is 4.79 Å². The van der Waals surface area contributed by atoms with Crippen molar-refractivity contribution in [1.29, 1.82) is 0 Å². The van der Waals surface area contributed by atoms with Crippen LogP contribution in [0.1, 0.15) is 83.5 Å². The van der Waals surface area contributed by atoms with Gasteiger partial charge in [-0.1, -0.05) is 20.8 Å². The molecule has 0 saturated carbocycles. The molecule has 0 N–H and O–H groups in total. The van der Waals surface area contributed by atoms with E-state index in [-0.39, 0.29) is 17.4 Å². The van der Waals surface area contributed by atoms with Crippen LogP contribution in [0, 0.1) is 0 Å². The topological polar surface area (TPSA) is 90.7 Å². The van der Waals surface area contributed by atoms with Crippen LogP contribution in [0.4, 0.5) is 0 Å². The number of amides is 1. The van der Waals surface area contributed by atoms with Gasteiger partial charge in [0.25, 0.3) is 5.91 Å². The fourth-order valence-corrected chi connectivity index (χ4v) is 3.64. The van der Waals surface area contributed by atoms with Gasteiger partial charge < -0.3 is 14.4 Å². The highest BCUT2D eigenvalue weighted by molar-refractivity contribution is 5.87. The molecule has 8 heteroatoms. The fourth-order valence-electron chi connectivity index (χ4n) is 3.64. The summed E-state index contributed by atoms with van der Waals surface area (Å²) < 4.78 is 12.2. The lowest BCUT2D eigenvalue weighted by Gasteiger charge is -2.37. The third-order valence-electron chi connectivity index (χ3n) is 5.00. The Labute approximate surface area is 172 Å². The highest BCUT2D eigenvalue weighted by atomic mass is 16.6. The molecule has 8 nitrogen and oxygen atoms in total. The molecule has 0 bridgehead atoms. The maximum absolute atomic E-state index is 12.8. The van der Waals surface area contributed by atoms with E-state index in [2.05, 4.69) is 25.9 Å². The lowest BCUT2D eigenvalue weighted by molar-refractivity contribution is -0.169. The van der Waals surface area contributed by atoms with Crippen LogP contribution in [-0.2, 0) is 24.5 Å². The molecule has 1 amide bonds. The van der Waals surface area contributed by atoms with Crippen LogP contribution in [0.3, 0.4) is 0 Å². The number of nitrogens with zero attached hydrogens (tertiary/aromatic N) is 3. The molecule has 1 saturated heterocycles. The van der Waals surface area contributed by atoms with E-state index >= 15 is 0 Å². The molecule has 0 atom stereocenters. The summed E-state index contributed by atoms with van der Waals surface area (Å²) in [4.78, 5) is 37.9. The number of piperidine rings is 1. The average Bonchev–Trinajstić information content (AvgIpc) is 3.06. The van der Waals surface area contributed by atoms with Gasteiger partial charge in [-0.3, -0.25) is 14.3 Å². The van der Waals surface area contributed by atoms with Crippen molar-refractivity contribution in [3.8, 4) is 0 Å². The SMILES string of the molecule is CCOC(=O)c1cc(C(C)(C)C)n(C2CCN(C(=O)C(C)(C)OC(C)=O)CC2)n1. The summed E-state index contributed by atoms with van der Waals surface area (Å²) in [7, 11) is 0. The first kappa shape index (κ1) is 22.9. The molecule has 0 aliphatic carbocycles. The number of likely N-dealkylation sites (tertiary alicyclic amines) is 1. The summed E-state index contributed by atoms with van der Waals surface area (Å²) in [5, 5.41) is 4.55. The lowest BCUT2D eigenvalue weighted by atomic mass is 9.90. The molecule has 162 valence electrons. The van der Waals surface area contributed by atoms with E-state index in [1.54, 1.807) is 31.7 Å². The Balaban J connectivity index is 2.17. The first-order chi connectivity index (χ1) is 13.4. The van der Waals surface area contributed by atoms with Crippen molar-refractivity contribution in [3.63, 3.8) is 0 Å². The highest BCUT2D eigenvalue weighted by Gasteiger charge is 2.38. The molecule has 29 heavy (non-hydrogen) atoms. The van der Waals surface area contributed by atoms with Crippen molar-refractivity contribution in [1.82, 2.24) is 14.7 Å². The minimum absolute atomic E-state index is 0.0771. The minimum Gasteiger partial charge on any atom is -0.461 e. The van der Waals surface area contributed by atoms with Gasteiger partial charge in [0, 0.05) is 31.1 Å². The van der Waals surface area contributed by atoms with Gasteiger partial charge in [0.1, 0.15) is 0 Å². The Hall–Kier alpha value is -2.38. The van der Waals surface area contributed by atoms with Gasteiger partial charge in [-0.15, -0.1) is 0 Å². The second kappa shape index (κ2) is 8.55. The Kier molecular flexibility index (Phi) is 6.75. The minimum atomic E-state index is -1.18. The van der Waals surface area contributed by atoms with Crippen LogP contribution in [0.25, 0.3) is 0 Å². The monoisotopic (exact) mass is 407 g/mol. The van der Waals surface area contributed by atoms with Gasteiger partial charge in [-0.05, 0) is 39.7 Å². The molecule has 2 rings (SSSR count). The molecule has 0 aromatic carbocycles. The molecular formula is C21H33N3O5. The van der Waals surface area contributed by atoms with E-state index in [0.29, 0.717) is 38.2 Å². The number of carbonyl (C=O) groups is 3. The first-order valence-corrected chi connectivity index (χ1v) is 10.1. The Morgan fingerprint density at radius 1 is 1.14 bits per heavy atom. The molecule has 0 unspecified atom stereocenters. The first-order valence-electron chi connectivity index (χ1n) is 10.1. The second-order valence-corrected chi connectivity index (χ2v) is 8.96. The van der Waals surface area contributed by atoms with E-state index in [1.165, 1.54) is 6.92 Å². The molecular weight excluding hydrogens is 374 g/mol. The standard InChI is InChI=1S/C21H33N3O5/c1-8-28-18(26)16-13-17(20(3,4)5)24(22-16)15-9-11-23(12-10-15)19(27)21(6,7)29-14(2)25/h13,15H,8-12H2,1-7H3. The number of carbonyl (C=O) groups excluding carboxylic acids is 3. The molecule has 1 aliphatic heterocycles. The Bertz CT molecular complexity index is 768. The number of hydrogen-bond donors (Lipinski definition) is 0. The number of esters is 2. The molecule has 1 aromatic rings. The number of ether oxygens (including phenoxy) is 2. The quantitative estimate of drug-likeness (QED) is 0.697. The van der Waals surface area contributed by atoms with Crippen LogP contribution in [0.15, 0.2) is 6.07 Å². The number of aromatic nitrogens is 2. The zero-order valence-corrected chi connectivity index (χ0v) is 18.6. The summed E-state index contributed by atoms with van der Waals surface area (Å²) in [6.07, 6.45) is 1.41. The summed E-state index contributed by atoms with van der Waals surface area (Å²) in [5.74, 6) is -1.10. The van der Waals surface area contributed by atoms with E-state index in [4.69, 9.17) is 9.47 Å². The fraction of sp³-hybridized carbons (Fsp3) is 0.714. The Morgan fingerprint density at radius 2 is 1.72 bits per heavy atom. The van der Waals surface area contributed by atoms with Crippen molar-refractivity contribution in [3.05, 3.63) is 17.5 Å². The summed E-state index contributed by atoms with van der Waals surface area (Å²) in [5.41, 5.74) is -0.100. The van der Waals surface area contributed by atoms with Gasteiger partial charge in [-0.2, -0.15) is 5.10 Å². The second-order valence-electron chi connectivity index (χ2n) is 8.96. The van der Waals surface area contributed by atoms with Crippen molar-refractivity contribution < 1.29 is 23.9 Å². The molecule has 1 aliphatic rings. The van der Waals surface area contributed by atoms with Gasteiger partial charge >= 0.3 is 11.9 Å². The van der Waals surface area contributed by atoms with Gasteiger partial charge in [0.15, 0.2) is 11.3 Å². The van der Waals surface area contributed by atoms with Crippen LogP contribution >= 0.6 is 0 Å². The lowest BCUT2D eigenvalue weighted by Crippen LogP contribution is -2.50. The molecule has 2 heterocycles. The predicted octanol–water partition coefficient (Wildman–Crippen LogP) is 2.86. The average molecular weight is 408 g/mol. The normalized spacial score (nSPS) is 15.9. The highest BCUT2D eigenvalue weighted by Crippen LogP contribution is 2.31. The number of hydrogen-bond acceptors (Lipinski definition) is 6. The largest absolute Gasteiger partial charge is 0.461 e. The Morgan fingerprint density at radius 3 is 2.21 bits per heavy atom. The third kappa shape index (κ3) is 5.36. The van der Waals surface area contributed by atoms with Crippen LogP contribution in [-0.4, -0.2) is 57.8 Å². The molecule has 1 fully saturated rings. The summed E-state index contributed by atoms with van der Waals surface area (Å²) in [6, 6.07) is 1.88. The van der Waals surface area contributed by atoms with Crippen LogP contribution < -0.4 is 0 Å². The maximum Gasteiger partial charge on any atom is 0.358 e. The van der Waals surface area contributed by atoms with E-state index in [9.17, 15) is 14.4 Å². The zero-order chi connectivity index (χ0) is 22.0. The molecule has 1 aromatic heterocycles. The maximum atomic E-state index is 12.8. The number of rotatable bonds is 5. The van der Waals surface area contributed by atoms with Crippen molar-refractivity contribution in [2.75, 3.05) is 19.7 Å². The third-order valence-corrected chi connectivity index (χ3v) is 5.00. The summed E-state index contributed by atoms with van der Waals surface area (Å²) in [6.45, 7) is 13.9. The molecule has 0 radical (unpaired) electrons. The van der Waals surface area contributed by atoms with E-state index < -0.39 is 17.5 Å². The van der Waals surface area contributed by atoms with Gasteiger partial charge in [0.05, 0.1) is 12.6 Å². The molecule has 0 spiro atoms. The van der Waals surface area contributed by atoms with Crippen LogP contribution in [0.5, 0.6) is 0 Å². The van der Waals surface area contributed by atoms with Crippen molar-refractivity contribution in [2.24, 2.45) is 0 Å². The van der Waals surface area contributed by atoms with Crippen molar-refractivity contribution >= 4 is 17.8 Å². The summed E-state index contributed by atoms with van der Waals surface area (Å²) >= 11 is 0. The zero-order valence-electron chi connectivity index (χ0n) is 18.6. The van der Waals surface area contributed by atoms with E-state index in [1.807, 2.05) is 4.68 Å². The van der Waals surface area contributed by atoms with Crippen LogP contribution in [0.2, 0.25) is 0 Å². The van der Waals surface area contributed by atoms with Gasteiger partial charge in [0.2, 0.25) is 0 Å².